The highest BCUT2D eigenvalue weighted by atomic mass is 35.5. The highest BCUT2D eigenvalue weighted by Gasteiger charge is 2.81. The van der Waals surface area contributed by atoms with Crippen LogP contribution in [-0.4, -0.2) is 17.5 Å². The molecule has 0 amide bonds. The quantitative estimate of drug-likeness (QED) is 0.657. The number of ether oxygens (including phenoxy) is 2. The number of rotatable bonds is 6. The Morgan fingerprint density at radius 3 is 1.97 bits per heavy atom. The summed E-state index contributed by atoms with van der Waals surface area (Å²) >= 11 is 0. The minimum atomic E-state index is -1.30. The average Bonchev–Trinajstić information content (AvgIpc) is 3.65. The number of benzene rings is 2. The van der Waals surface area contributed by atoms with Gasteiger partial charge in [0.1, 0.15) is 30.4 Å². The van der Waals surface area contributed by atoms with E-state index in [0.29, 0.717) is 12.0 Å². The van der Waals surface area contributed by atoms with E-state index in [0.717, 1.165) is 12.8 Å². The van der Waals surface area contributed by atoms with E-state index in [1.807, 2.05) is 0 Å². The van der Waals surface area contributed by atoms with Gasteiger partial charge in [0.15, 0.2) is 0 Å². The van der Waals surface area contributed by atoms with E-state index >= 15 is 0 Å². The zero-order valence-electron chi connectivity index (χ0n) is 17.3. The van der Waals surface area contributed by atoms with Gasteiger partial charge in [0.05, 0.1) is 5.92 Å². The van der Waals surface area contributed by atoms with Crippen molar-refractivity contribution in [2.24, 2.45) is 28.9 Å². The van der Waals surface area contributed by atoms with Gasteiger partial charge in [-0.05, 0) is 42.7 Å². The van der Waals surface area contributed by atoms with Crippen LogP contribution >= 0.6 is 12.4 Å². The lowest BCUT2D eigenvalue weighted by molar-refractivity contribution is -0.154. The Morgan fingerprint density at radius 2 is 1.44 bits per heavy atom. The molecule has 3 aliphatic carbocycles. The Morgan fingerprint density at radius 1 is 0.906 bits per heavy atom. The standard InChI is InChI=1S/C24H23F2NO4.ClH/c25-16-7-3-1-5-14(16)11-30-21(28)18-19-20(18)24(27,13-23(19)9-10-23)22(29)31-12-15-6-2-4-8-17(15)26;/h1-8,18-20H,9-13,27H2;1H/t18-,19-,20+,24-;/m0./s1. The van der Waals surface area contributed by atoms with Gasteiger partial charge in [-0.3, -0.25) is 9.59 Å². The normalized spacial score (nSPS) is 28.4. The van der Waals surface area contributed by atoms with Crippen LogP contribution in [0.25, 0.3) is 0 Å². The van der Waals surface area contributed by atoms with Gasteiger partial charge in [0.25, 0.3) is 0 Å². The van der Waals surface area contributed by atoms with Gasteiger partial charge in [-0.25, -0.2) is 8.78 Å². The first-order valence-corrected chi connectivity index (χ1v) is 10.5. The first-order valence-electron chi connectivity index (χ1n) is 10.5. The van der Waals surface area contributed by atoms with Crippen molar-refractivity contribution >= 4 is 24.3 Å². The molecule has 0 bridgehead atoms. The number of hydrogen-bond donors (Lipinski definition) is 1. The Kier molecular flexibility index (Phi) is 5.75. The third-order valence-electron chi connectivity index (χ3n) is 7.16. The van der Waals surface area contributed by atoms with Crippen LogP contribution in [0.5, 0.6) is 0 Å². The molecular formula is C24H24ClF2NO4. The number of carbonyl (C=O) groups is 2. The van der Waals surface area contributed by atoms with E-state index in [1.54, 1.807) is 36.4 Å². The number of esters is 2. The molecule has 8 heteroatoms. The molecule has 1 spiro atoms. The minimum Gasteiger partial charge on any atom is -0.460 e. The molecule has 3 saturated carbocycles. The second-order valence-electron chi connectivity index (χ2n) is 9.02. The van der Waals surface area contributed by atoms with Crippen molar-refractivity contribution in [1.82, 2.24) is 0 Å². The molecule has 0 aromatic heterocycles. The summed E-state index contributed by atoms with van der Waals surface area (Å²) in [5, 5.41) is 0. The smallest absolute Gasteiger partial charge is 0.326 e. The van der Waals surface area contributed by atoms with E-state index in [2.05, 4.69) is 0 Å². The van der Waals surface area contributed by atoms with Crippen LogP contribution in [-0.2, 0) is 32.3 Å². The SMILES string of the molecule is Cl.N[C@@]1(C(=O)OCc2ccccc2F)CC2(CC2)[C@H]2[C@H](C(=O)OCc3ccccc3F)[C@H]21. The third kappa shape index (κ3) is 3.67. The zero-order chi connectivity index (χ0) is 21.8. The highest BCUT2D eigenvalue weighted by molar-refractivity contribution is 5.87. The molecule has 32 heavy (non-hydrogen) atoms. The first-order chi connectivity index (χ1) is 14.9. The van der Waals surface area contributed by atoms with Crippen molar-refractivity contribution in [1.29, 1.82) is 0 Å². The van der Waals surface area contributed by atoms with Crippen molar-refractivity contribution in [3.8, 4) is 0 Å². The monoisotopic (exact) mass is 463 g/mol. The van der Waals surface area contributed by atoms with Crippen LogP contribution in [0.1, 0.15) is 30.4 Å². The number of halogens is 3. The van der Waals surface area contributed by atoms with Crippen LogP contribution in [0.4, 0.5) is 8.78 Å². The first kappa shape index (κ1) is 22.7. The molecule has 3 aliphatic rings. The topological polar surface area (TPSA) is 78.6 Å². The maximum atomic E-state index is 13.8. The third-order valence-corrected chi connectivity index (χ3v) is 7.16. The van der Waals surface area contributed by atoms with Crippen molar-refractivity contribution in [2.75, 3.05) is 0 Å². The zero-order valence-corrected chi connectivity index (χ0v) is 18.1. The fourth-order valence-electron chi connectivity index (χ4n) is 5.46. The number of hydrogen-bond acceptors (Lipinski definition) is 5. The molecule has 5 rings (SSSR count). The number of nitrogens with two attached hydrogens (primary N) is 1. The number of carbonyl (C=O) groups excluding carboxylic acids is 2. The molecule has 3 fully saturated rings. The summed E-state index contributed by atoms with van der Waals surface area (Å²) in [5.41, 5.74) is 5.67. The van der Waals surface area contributed by atoms with Crippen molar-refractivity contribution in [3.05, 3.63) is 71.3 Å². The van der Waals surface area contributed by atoms with E-state index < -0.39 is 35.0 Å². The Bertz CT molecular complexity index is 1060. The van der Waals surface area contributed by atoms with Gasteiger partial charge in [-0.1, -0.05) is 36.4 Å². The average molecular weight is 464 g/mol. The van der Waals surface area contributed by atoms with Gasteiger partial charge in [-0.2, -0.15) is 0 Å². The van der Waals surface area contributed by atoms with E-state index in [1.165, 1.54) is 12.1 Å². The molecule has 5 nitrogen and oxygen atoms in total. The van der Waals surface area contributed by atoms with Crippen LogP contribution in [0.3, 0.4) is 0 Å². The summed E-state index contributed by atoms with van der Waals surface area (Å²) in [4.78, 5) is 25.7. The van der Waals surface area contributed by atoms with E-state index in [-0.39, 0.29) is 48.4 Å². The maximum Gasteiger partial charge on any atom is 0.326 e. The number of fused-ring (bicyclic) bond motifs is 2. The lowest BCUT2D eigenvalue weighted by Gasteiger charge is -2.27. The molecule has 2 aromatic rings. The molecule has 4 atom stereocenters. The van der Waals surface area contributed by atoms with Crippen LogP contribution in [0, 0.1) is 34.8 Å². The van der Waals surface area contributed by atoms with Crippen molar-refractivity contribution in [3.63, 3.8) is 0 Å². The largest absolute Gasteiger partial charge is 0.460 e. The molecule has 0 unspecified atom stereocenters. The summed E-state index contributed by atoms with van der Waals surface area (Å²) in [6.45, 7) is -0.374. The molecular weight excluding hydrogens is 440 g/mol. The van der Waals surface area contributed by atoms with Gasteiger partial charge in [0, 0.05) is 17.0 Å². The Hall–Kier alpha value is -2.51. The summed E-state index contributed by atoms with van der Waals surface area (Å²) < 4.78 is 38.4. The highest BCUT2D eigenvalue weighted by Crippen LogP contribution is 2.78. The lowest BCUT2D eigenvalue weighted by Crippen LogP contribution is -2.51. The fourth-order valence-corrected chi connectivity index (χ4v) is 5.46. The predicted molar refractivity (Wildman–Crippen MR) is 113 cm³/mol. The molecule has 0 saturated heterocycles. The van der Waals surface area contributed by atoms with Gasteiger partial charge in [0.2, 0.25) is 0 Å². The minimum absolute atomic E-state index is 0. The summed E-state index contributed by atoms with van der Waals surface area (Å²) in [5.74, 6) is -2.84. The maximum absolute atomic E-state index is 13.8. The predicted octanol–water partition coefficient (Wildman–Crippen LogP) is 3.92. The van der Waals surface area contributed by atoms with Crippen LogP contribution in [0.15, 0.2) is 48.5 Å². The second kappa shape index (κ2) is 8.12. The Labute approximate surface area is 190 Å². The van der Waals surface area contributed by atoms with Gasteiger partial charge in [-0.15, -0.1) is 12.4 Å². The molecule has 0 radical (unpaired) electrons. The lowest BCUT2D eigenvalue weighted by atomic mass is 9.86. The molecule has 2 aromatic carbocycles. The van der Waals surface area contributed by atoms with E-state index in [9.17, 15) is 18.4 Å². The van der Waals surface area contributed by atoms with Crippen molar-refractivity contribution in [2.45, 2.75) is 38.0 Å². The van der Waals surface area contributed by atoms with Crippen molar-refractivity contribution < 1.29 is 27.8 Å². The van der Waals surface area contributed by atoms with Gasteiger partial charge >= 0.3 is 11.9 Å². The van der Waals surface area contributed by atoms with Crippen LogP contribution in [0.2, 0.25) is 0 Å². The summed E-state index contributed by atoms with van der Waals surface area (Å²) in [7, 11) is 0. The van der Waals surface area contributed by atoms with Crippen LogP contribution < -0.4 is 5.73 Å². The second-order valence-corrected chi connectivity index (χ2v) is 9.02. The summed E-state index contributed by atoms with van der Waals surface area (Å²) in [6.07, 6.45) is 2.28. The molecule has 170 valence electrons. The van der Waals surface area contributed by atoms with E-state index in [4.69, 9.17) is 15.2 Å². The Balaban J connectivity index is 0.00000245. The molecule has 0 heterocycles. The van der Waals surface area contributed by atoms with Gasteiger partial charge < -0.3 is 15.2 Å². The molecule has 0 aliphatic heterocycles. The fraction of sp³-hybridized carbons (Fsp3) is 0.417. The summed E-state index contributed by atoms with van der Waals surface area (Å²) in [6, 6.07) is 12.2. The molecule has 2 N–H and O–H groups in total.